The van der Waals surface area contributed by atoms with Gasteiger partial charge in [0.2, 0.25) is 0 Å². The third kappa shape index (κ3) is 5.81. The molecule has 0 fully saturated rings. The first-order valence-electron chi connectivity index (χ1n) is 9.06. The van der Waals surface area contributed by atoms with Crippen molar-refractivity contribution in [1.29, 1.82) is 0 Å². The summed E-state index contributed by atoms with van der Waals surface area (Å²) in [5.41, 5.74) is 1.33. The predicted octanol–water partition coefficient (Wildman–Crippen LogP) is 2.92. The average Bonchev–Trinajstić information content (AvgIpc) is 2.97. The third-order valence-electron chi connectivity index (χ3n) is 4.10. The number of amides is 1. The average molecular weight is 437 g/mol. The smallest absolute Gasteiger partial charge is 0.263 e. The Morgan fingerprint density at radius 2 is 1.97 bits per heavy atom. The van der Waals surface area contributed by atoms with E-state index < -0.39 is 21.5 Å². The van der Waals surface area contributed by atoms with Crippen LogP contribution >= 0.6 is 11.3 Å². The van der Waals surface area contributed by atoms with Crippen LogP contribution in [-0.4, -0.2) is 37.9 Å². The first kappa shape index (κ1) is 21.4. The van der Waals surface area contributed by atoms with Crippen molar-refractivity contribution < 1.29 is 22.3 Å². The molecule has 154 valence electrons. The molecule has 0 unspecified atom stereocenters. The number of nitrogens with zero attached hydrogens (tertiary/aromatic N) is 2. The Morgan fingerprint density at radius 3 is 2.69 bits per heavy atom. The van der Waals surface area contributed by atoms with Crippen molar-refractivity contribution in [2.45, 2.75) is 19.2 Å². The second kappa shape index (κ2) is 9.43. The van der Waals surface area contributed by atoms with Crippen LogP contribution in [0.1, 0.15) is 12.5 Å². The molecule has 0 bridgehead atoms. The lowest BCUT2D eigenvalue weighted by atomic mass is 10.2. The number of fused-ring (bicyclic) bond motifs is 1. The zero-order chi connectivity index (χ0) is 20.9. The highest BCUT2D eigenvalue weighted by atomic mass is 32.2. The molecule has 29 heavy (non-hydrogen) atoms. The summed E-state index contributed by atoms with van der Waals surface area (Å²) >= 11 is 1.14. The standard InChI is InChI=1S/C20H21FN2O4S2/c1-2-27-11-10-23-17-9-8-16(21)12-18(17)28-20(23)22-19(24)14-29(25,26)13-15-6-4-3-5-7-15/h3-9,12H,2,10-11,13-14H2,1H3. The van der Waals surface area contributed by atoms with E-state index in [4.69, 9.17) is 4.74 Å². The number of sulfone groups is 1. The number of carbonyl (C=O) groups is 1. The van der Waals surface area contributed by atoms with Gasteiger partial charge in [-0.05, 0) is 30.7 Å². The molecule has 0 saturated heterocycles. The van der Waals surface area contributed by atoms with Gasteiger partial charge >= 0.3 is 0 Å². The normalized spacial score (nSPS) is 12.6. The molecule has 1 aromatic heterocycles. The van der Waals surface area contributed by atoms with Crippen molar-refractivity contribution in [3.8, 4) is 0 Å². The number of halogens is 1. The van der Waals surface area contributed by atoms with E-state index in [0.717, 1.165) is 16.9 Å². The van der Waals surface area contributed by atoms with E-state index in [-0.39, 0.29) is 11.6 Å². The van der Waals surface area contributed by atoms with Gasteiger partial charge in [0, 0.05) is 13.2 Å². The fourth-order valence-electron chi connectivity index (χ4n) is 2.85. The molecule has 0 atom stereocenters. The number of ether oxygens (including phenoxy) is 1. The molecule has 3 rings (SSSR count). The first-order chi connectivity index (χ1) is 13.9. The van der Waals surface area contributed by atoms with Crippen LogP contribution in [0.2, 0.25) is 0 Å². The van der Waals surface area contributed by atoms with Crippen molar-refractivity contribution in [3.05, 3.63) is 64.7 Å². The zero-order valence-electron chi connectivity index (χ0n) is 15.9. The summed E-state index contributed by atoms with van der Waals surface area (Å²) < 4.78 is 46.0. The molecular formula is C20H21FN2O4S2. The van der Waals surface area contributed by atoms with Crippen LogP contribution in [0.4, 0.5) is 4.39 Å². The minimum Gasteiger partial charge on any atom is -0.380 e. The van der Waals surface area contributed by atoms with Gasteiger partial charge in [-0.3, -0.25) is 4.79 Å². The minimum absolute atomic E-state index is 0.225. The summed E-state index contributed by atoms with van der Waals surface area (Å²) in [5, 5.41) is 0. The number of thiazole rings is 1. The van der Waals surface area contributed by atoms with Gasteiger partial charge in [-0.1, -0.05) is 41.7 Å². The highest BCUT2D eigenvalue weighted by Crippen LogP contribution is 2.18. The molecule has 0 saturated carbocycles. The Labute approximate surface area is 172 Å². The Morgan fingerprint density at radius 1 is 1.21 bits per heavy atom. The second-order valence-electron chi connectivity index (χ2n) is 6.37. The molecule has 2 aromatic carbocycles. The molecule has 0 N–H and O–H groups in total. The van der Waals surface area contributed by atoms with Crippen LogP contribution in [0.5, 0.6) is 0 Å². The maximum absolute atomic E-state index is 13.6. The number of rotatable bonds is 8. The summed E-state index contributed by atoms with van der Waals surface area (Å²) in [6.45, 7) is 3.23. The lowest BCUT2D eigenvalue weighted by Crippen LogP contribution is -2.23. The SMILES string of the molecule is CCOCCn1c(=NC(=O)CS(=O)(=O)Cc2ccccc2)sc2cc(F)ccc21. The molecule has 6 nitrogen and oxygen atoms in total. The summed E-state index contributed by atoms with van der Waals surface area (Å²) in [6.07, 6.45) is 0. The quantitative estimate of drug-likeness (QED) is 0.509. The lowest BCUT2D eigenvalue weighted by molar-refractivity contribution is -0.115. The topological polar surface area (TPSA) is 77.7 Å². The molecule has 0 radical (unpaired) electrons. The largest absolute Gasteiger partial charge is 0.380 e. The van der Waals surface area contributed by atoms with Crippen molar-refractivity contribution >= 4 is 37.3 Å². The van der Waals surface area contributed by atoms with Crippen molar-refractivity contribution in [1.82, 2.24) is 4.57 Å². The molecular weight excluding hydrogens is 415 g/mol. The molecule has 0 aliphatic rings. The van der Waals surface area contributed by atoms with Crippen LogP contribution in [-0.2, 0) is 31.7 Å². The molecule has 1 amide bonds. The number of hydrogen-bond donors (Lipinski definition) is 0. The van der Waals surface area contributed by atoms with Crippen LogP contribution < -0.4 is 4.80 Å². The number of benzene rings is 2. The summed E-state index contributed by atoms with van der Waals surface area (Å²) in [5.74, 6) is -2.05. The molecule has 0 aliphatic carbocycles. The Bertz CT molecular complexity index is 1170. The number of carbonyl (C=O) groups excluding carboxylic acids is 1. The fraction of sp³-hybridized carbons (Fsp3) is 0.300. The highest BCUT2D eigenvalue weighted by molar-refractivity contribution is 7.91. The van der Waals surface area contributed by atoms with Crippen molar-refractivity contribution in [2.75, 3.05) is 19.0 Å². The van der Waals surface area contributed by atoms with E-state index in [1.54, 1.807) is 41.0 Å². The Hall–Kier alpha value is -2.36. The van der Waals surface area contributed by atoms with Gasteiger partial charge in [-0.25, -0.2) is 12.8 Å². The predicted molar refractivity (Wildman–Crippen MR) is 111 cm³/mol. The van der Waals surface area contributed by atoms with Crippen molar-refractivity contribution in [2.24, 2.45) is 4.99 Å². The molecule has 9 heteroatoms. The fourth-order valence-corrected chi connectivity index (χ4v) is 5.20. The van der Waals surface area contributed by atoms with Gasteiger partial charge < -0.3 is 9.30 Å². The lowest BCUT2D eigenvalue weighted by Gasteiger charge is -2.05. The second-order valence-corrected chi connectivity index (χ2v) is 9.44. The van der Waals surface area contributed by atoms with Crippen LogP contribution in [0.3, 0.4) is 0 Å². The molecule has 1 heterocycles. The van der Waals surface area contributed by atoms with Gasteiger partial charge in [0.1, 0.15) is 11.6 Å². The minimum atomic E-state index is -3.66. The number of hydrogen-bond acceptors (Lipinski definition) is 5. The molecule has 0 aliphatic heterocycles. The Balaban J connectivity index is 1.87. The number of aromatic nitrogens is 1. The van der Waals surface area contributed by atoms with Crippen molar-refractivity contribution in [3.63, 3.8) is 0 Å². The third-order valence-corrected chi connectivity index (χ3v) is 6.60. The van der Waals surface area contributed by atoms with Gasteiger partial charge in [0.05, 0.1) is 22.6 Å². The van der Waals surface area contributed by atoms with Crippen LogP contribution in [0.25, 0.3) is 10.2 Å². The van der Waals surface area contributed by atoms with E-state index in [9.17, 15) is 17.6 Å². The molecule has 3 aromatic rings. The first-order valence-corrected chi connectivity index (χ1v) is 11.7. The van der Waals surface area contributed by atoms with Gasteiger partial charge in [0.25, 0.3) is 5.91 Å². The summed E-state index contributed by atoms with van der Waals surface area (Å²) in [4.78, 5) is 16.7. The highest BCUT2D eigenvalue weighted by Gasteiger charge is 2.18. The molecule has 0 spiro atoms. The maximum Gasteiger partial charge on any atom is 0.263 e. The van der Waals surface area contributed by atoms with E-state index >= 15 is 0 Å². The van der Waals surface area contributed by atoms with E-state index in [1.165, 1.54) is 12.1 Å². The van der Waals surface area contributed by atoms with E-state index in [2.05, 4.69) is 4.99 Å². The van der Waals surface area contributed by atoms with Gasteiger partial charge in [-0.15, -0.1) is 0 Å². The van der Waals surface area contributed by atoms with E-state index in [1.807, 2.05) is 6.92 Å². The Kier molecular flexibility index (Phi) is 6.94. The maximum atomic E-state index is 13.6. The summed E-state index contributed by atoms with van der Waals surface area (Å²) in [7, 11) is -3.66. The van der Waals surface area contributed by atoms with Crippen LogP contribution in [0, 0.1) is 5.82 Å². The van der Waals surface area contributed by atoms with Crippen LogP contribution in [0.15, 0.2) is 53.5 Å². The van der Waals surface area contributed by atoms with E-state index in [0.29, 0.717) is 34.8 Å². The zero-order valence-corrected chi connectivity index (χ0v) is 17.5. The monoisotopic (exact) mass is 436 g/mol. The van der Waals surface area contributed by atoms with Gasteiger partial charge in [-0.2, -0.15) is 4.99 Å². The van der Waals surface area contributed by atoms with Gasteiger partial charge in [0.15, 0.2) is 14.6 Å². The summed E-state index contributed by atoms with van der Waals surface area (Å²) in [6, 6.07) is 13.0.